The third kappa shape index (κ3) is 5.49. The SMILES string of the molecule is Cc1onc(-c2ccccc2)c1C(=O)N1CC2CN(CCC(NC(=O)C3CCOC3)c3ccccc3)C[C@H]2C1. The fourth-order valence-corrected chi connectivity index (χ4v) is 6.36. The molecular weight excluding hydrogens is 492 g/mol. The van der Waals surface area contributed by atoms with E-state index in [0.717, 1.165) is 56.7 Å². The highest BCUT2D eigenvalue weighted by Gasteiger charge is 2.42. The molecule has 8 nitrogen and oxygen atoms in total. The van der Waals surface area contributed by atoms with Crippen molar-refractivity contribution in [2.45, 2.75) is 25.8 Å². The molecule has 3 aromatic rings. The van der Waals surface area contributed by atoms with Gasteiger partial charge in [-0.2, -0.15) is 0 Å². The van der Waals surface area contributed by atoms with Gasteiger partial charge in [-0.1, -0.05) is 65.8 Å². The average Bonchev–Trinajstić information content (AvgIpc) is 3.76. The van der Waals surface area contributed by atoms with Crippen molar-refractivity contribution in [1.29, 1.82) is 0 Å². The van der Waals surface area contributed by atoms with Gasteiger partial charge in [0.15, 0.2) is 0 Å². The van der Waals surface area contributed by atoms with Gasteiger partial charge in [-0.3, -0.25) is 9.59 Å². The van der Waals surface area contributed by atoms with Crippen molar-refractivity contribution in [3.8, 4) is 11.3 Å². The Labute approximate surface area is 229 Å². The molecule has 3 saturated heterocycles. The molecule has 4 atom stereocenters. The molecule has 1 aromatic heterocycles. The normalized spacial score (nSPS) is 23.6. The number of fused-ring (bicyclic) bond motifs is 1. The van der Waals surface area contributed by atoms with Crippen LogP contribution in [0.4, 0.5) is 0 Å². The van der Waals surface area contributed by atoms with E-state index in [1.807, 2.05) is 60.4 Å². The molecular formula is C31H36N4O4. The summed E-state index contributed by atoms with van der Waals surface area (Å²) < 4.78 is 10.9. The first-order chi connectivity index (χ1) is 19.1. The lowest BCUT2D eigenvalue weighted by molar-refractivity contribution is -0.125. The van der Waals surface area contributed by atoms with Crippen LogP contribution in [0.3, 0.4) is 0 Å². The maximum absolute atomic E-state index is 13.6. The largest absolute Gasteiger partial charge is 0.381 e. The van der Waals surface area contributed by atoms with Gasteiger partial charge < -0.3 is 24.4 Å². The van der Waals surface area contributed by atoms with Gasteiger partial charge >= 0.3 is 0 Å². The second-order valence-corrected chi connectivity index (χ2v) is 11.1. The predicted molar refractivity (Wildman–Crippen MR) is 147 cm³/mol. The van der Waals surface area contributed by atoms with E-state index >= 15 is 0 Å². The standard InChI is InChI=1S/C31H36N4O4/c1-21-28(29(33-39-21)23-10-6-3-7-11-23)31(37)35-18-25-16-34(17-26(25)19-35)14-12-27(22-8-4-2-5-9-22)32-30(36)24-13-15-38-20-24/h2-11,24-27H,12-20H2,1H3,(H,32,36)/t24?,25-,26?,27?/m0/s1. The molecule has 0 aliphatic carbocycles. The van der Waals surface area contributed by atoms with Gasteiger partial charge in [-0.15, -0.1) is 0 Å². The van der Waals surface area contributed by atoms with Gasteiger partial charge in [0.25, 0.3) is 5.91 Å². The molecule has 0 radical (unpaired) electrons. The Morgan fingerprint density at radius 2 is 1.69 bits per heavy atom. The van der Waals surface area contributed by atoms with E-state index in [1.54, 1.807) is 0 Å². The average molecular weight is 529 g/mol. The fourth-order valence-electron chi connectivity index (χ4n) is 6.36. The summed E-state index contributed by atoms with van der Waals surface area (Å²) in [5, 5.41) is 7.50. The summed E-state index contributed by atoms with van der Waals surface area (Å²) in [5.74, 6) is 1.52. The molecule has 204 valence electrons. The first-order valence-corrected chi connectivity index (χ1v) is 14.0. The minimum absolute atomic E-state index is 0.0105. The van der Waals surface area contributed by atoms with E-state index in [4.69, 9.17) is 9.26 Å². The Balaban J connectivity index is 1.06. The minimum atomic E-state index is -0.0534. The molecule has 1 N–H and O–H groups in total. The molecule has 3 fully saturated rings. The zero-order valence-electron chi connectivity index (χ0n) is 22.4. The summed E-state index contributed by atoms with van der Waals surface area (Å²) in [7, 11) is 0. The highest BCUT2D eigenvalue weighted by Crippen LogP contribution is 2.34. The molecule has 6 rings (SSSR count). The van der Waals surface area contributed by atoms with Crippen LogP contribution < -0.4 is 5.32 Å². The molecule has 2 aromatic carbocycles. The number of carbonyl (C=O) groups excluding carboxylic acids is 2. The number of nitrogens with one attached hydrogen (secondary N) is 1. The monoisotopic (exact) mass is 528 g/mol. The van der Waals surface area contributed by atoms with Crippen molar-refractivity contribution >= 4 is 11.8 Å². The van der Waals surface area contributed by atoms with Gasteiger partial charge in [-0.05, 0) is 37.2 Å². The lowest BCUT2D eigenvalue weighted by atomic mass is 10.0. The van der Waals surface area contributed by atoms with Crippen LogP contribution in [-0.2, 0) is 9.53 Å². The molecule has 3 aliphatic heterocycles. The summed E-state index contributed by atoms with van der Waals surface area (Å²) in [4.78, 5) is 30.9. The Morgan fingerprint density at radius 1 is 1.00 bits per heavy atom. The Kier molecular flexibility index (Phi) is 7.48. The third-order valence-corrected chi connectivity index (χ3v) is 8.53. The van der Waals surface area contributed by atoms with Crippen LogP contribution >= 0.6 is 0 Å². The van der Waals surface area contributed by atoms with E-state index in [2.05, 4.69) is 27.5 Å². The number of rotatable bonds is 8. The summed E-state index contributed by atoms with van der Waals surface area (Å²) >= 11 is 0. The second kappa shape index (κ2) is 11.3. The number of hydrogen-bond donors (Lipinski definition) is 1. The lowest BCUT2D eigenvalue weighted by Gasteiger charge is -2.25. The van der Waals surface area contributed by atoms with Crippen molar-refractivity contribution in [2.75, 3.05) is 45.9 Å². The van der Waals surface area contributed by atoms with Crippen molar-refractivity contribution in [2.24, 2.45) is 17.8 Å². The first-order valence-electron chi connectivity index (χ1n) is 14.0. The number of carbonyl (C=O) groups is 2. The predicted octanol–water partition coefficient (Wildman–Crippen LogP) is 3.94. The maximum Gasteiger partial charge on any atom is 0.259 e. The van der Waals surface area contributed by atoms with Crippen LogP contribution in [0.25, 0.3) is 11.3 Å². The molecule has 3 aliphatic rings. The number of ether oxygens (including phenoxy) is 1. The van der Waals surface area contributed by atoms with Crippen LogP contribution in [0.1, 0.15) is 40.6 Å². The summed E-state index contributed by atoms with van der Waals surface area (Å²) in [5.41, 5.74) is 3.23. The Hall–Kier alpha value is -3.49. The Morgan fingerprint density at radius 3 is 2.36 bits per heavy atom. The maximum atomic E-state index is 13.6. The van der Waals surface area contributed by atoms with E-state index in [-0.39, 0.29) is 23.8 Å². The van der Waals surface area contributed by atoms with Gasteiger partial charge in [0, 0.05) is 44.9 Å². The van der Waals surface area contributed by atoms with Crippen LogP contribution in [0.2, 0.25) is 0 Å². The first kappa shape index (κ1) is 25.8. The van der Waals surface area contributed by atoms with Crippen LogP contribution in [-0.4, -0.2) is 72.7 Å². The zero-order chi connectivity index (χ0) is 26.8. The van der Waals surface area contributed by atoms with Crippen LogP contribution in [0.15, 0.2) is 65.2 Å². The number of aryl methyl sites for hydroxylation is 1. The van der Waals surface area contributed by atoms with E-state index in [1.165, 1.54) is 0 Å². The fraction of sp³-hybridized carbons (Fsp3) is 0.452. The van der Waals surface area contributed by atoms with Gasteiger partial charge in [0.1, 0.15) is 17.0 Å². The van der Waals surface area contributed by atoms with Gasteiger partial charge in [0.05, 0.1) is 18.6 Å². The zero-order valence-corrected chi connectivity index (χ0v) is 22.4. The molecule has 39 heavy (non-hydrogen) atoms. The van der Waals surface area contributed by atoms with Crippen molar-refractivity contribution in [3.63, 3.8) is 0 Å². The molecule has 0 bridgehead atoms. The summed E-state index contributed by atoms with van der Waals surface area (Å²) in [6.45, 7) is 7.33. The van der Waals surface area contributed by atoms with Crippen molar-refractivity contribution in [1.82, 2.24) is 20.3 Å². The number of likely N-dealkylation sites (tertiary alicyclic amines) is 2. The number of benzene rings is 2. The quantitative estimate of drug-likeness (QED) is 0.477. The topological polar surface area (TPSA) is 87.9 Å². The van der Waals surface area contributed by atoms with E-state index < -0.39 is 0 Å². The van der Waals surface area contributed by atoms with Gasteiger partial charge in [0.2, 0.25) is 5.91 Å². The van der Waals surface area contributed by atoms with E-state index in [0.29, 0.717) is 42.1 Å². The number of aromatic nitrogens is 1. The molecule has 4 heterocycles. The van der Waals surface area contributed by atoms with Crippen molar-refractivity contribution < 1.29 is 18.8 Å². The molecule has 0 spiro atoms. The number of nitrogens with zero attached hydrogens (tertiary/aromatic N) is 3. The number of hydrogen-bond acceptors (Lipinski definition) is 6. The van der Waals surface area contributed by atoms with Crippen LogP contribution in [0.5, 0.6) is 0 Å². The smallest absolute Gasteiger partial charge is 0.259 e. The second-order valence-electron chi connectivity index (χ2n) is 11.1. The van der Waals surface area contributed by atoms with Crippen LogP contribution in [0, 0.1) is 24.7 Å². The Bertz CT molecular complexity index is 1270. The minimum Gasteiger partial charge on any atom is -0.381 e. The molecule has 2 amide bonds. The molecule has 8 heteroatoms. The van der Waals surface area contributed by atoms with Gasteiger partial charge in [-0.25, -0.2) is 0 Å². The highest BCUT2D eigenvalue weighted by molar-refractivity contribution is 6.01. The lowest BCUT2D eigenvalue weighted by Crippen LogP contribution is -2.37. The van der Waals surface area contributed by atoms with Crippen molar-refractivity contribution in [3.05, 3.63) is 77.6 Å². The molecule has 3 unspecified atom stereocenters. The molecule has 0 saturated carbocycles. The summed E-state index contributed by atoms with van der Waals surface area (Å²) in [6, 6.07) is 20.0. The number of amides is 2. The third-order valence-electron chi connectivity index (χ3n) is 8.53. The summed E-state index contributed by atoms with van der Waals surface area (Å²) in [6.07, 6.45) is 1.64. The van der Waals surface area contributed by atoms with E-state index in [9.17, 15) is 9.59 Å². The highest BCUT2D eigenvalue weighted by atomic mass is 16.5.